The predicted molar refractivity (Wildman–Crippen MR) is 98.8 cm³/mol. The van der Waals surface area contributed by atoms with Crippen molar-refractivity contribution >= 4 is 19.0 Å². The fraction of sp³-hybridized carbons (Fsp3) is 0.300. The molecule has 0 radical (unpaired) electrons. The molecule has 1 aliphatic rings. The molecule has 3 rings (SSSR count). The summed E-state index contributed by atoms with van der Waals surface area (Å²) in [4.78, 5) is 0. The van der Waals surface area contributed by atoms with Crippen molar-refractivity contribution in [1.29, 1.82) is 0 Å². The standard InChI is InChI=1S/C20H23O3P/c1-4-22-24(21)20-16(3)15(2)10-12-18(20)14-19(23-24)13-11-17-8-6-5-7-9-17/h5-13,19H,4,14H2,1-3H3/b13-11+. The van der Waals surface area contributed by atoms with E-state index < -0.39 is 7.60 Å². The number of rotatable bonds is 4. The molecule has 1 aliphatic heterocycles. The molecule has 2 atom stereocenters. The van der Waals surface area contributed by atoms with Crippen molar-refractivity contribution < 1.29 is 13.6 Å². The van der Waals surface area contributed by atoms with Gasteiger partial charge in [0.15, 0.2) is 0 Å². The second-order valence-electron chi connectivity index (χ2n) is 6.05. The summed E-state index contributed by atoms with van der Waals surface area (Å²) in [5, 5.41) is 0.758. The molecule has 1 heterocycles. The van der Waals surface area contributed by atoms with Crippen LogP contribution in [0.4, 0.5) is 0 Å². The highest BCUT2D eigenvalue weighted by Crippen LogP contribution is 2.53. The van der Waals surface area contributed by atoms with E-state index in [-0.39, 0.29) is 6.10 Å². The maximum absolute atomic E-state index is 13.4. The van der Waals surface area contributed by atoms with Crippen LogP contribution in [0, 0.1) is 13.8 Å². The van der Waals surface area contributed by atoms with E-state index in [0.29, 0.717) is 13.0 Å². The van der Waals surface area contributed by atoms with Crippen molar-refractivity contribution in [3.05, 3.63) is 70.8 Å². The molecule has 0 N–H and O–H groups in total. The van der Waals surface area contributed by atoms with E-state index in [1.165, 1.54) is 0 Å². The molecule has 2 unspecified atom stereocenters. The van der Waals surface area contributed by atoms with Crippen molar-refractivity contribution in [2.75, 3.05) is 6.61 Å². The summed E-state index contributed by atoms with van der Waals surface area (Å²) < 4.78 is 24.9. The molecule has 2 aromatic rings. The average molecular weight is 342 g/mol. The first-order valence-electron chi connectivity index (χ1n) is 8.29. The zero-order chi connectivity index (χ0) is 17.2. The van der Waals surface area contributed by atoms with E-state index in [9.17, 15) is 4.57 Å². The van der Waals surface area contributed by atoms with Crippen molar-refractivity contribution in [3.8, 4) is 0 Å². The molecule has 0 aromatic heterocycles. The minimum Gasteiger partial charge on any atom is -0.305 e. The van der Waals surface area contributed by atoms with Gasteiger partial charge < -0.3 is 4.52 Å². The largest absolute Gasteiger partial charge is 0.362 e. The van der Waals surface area contributed by atoms with Crippen molar-refractivity contribution in [2.24, 2.45) is 0 Å². The summed E-state index contributed by atoms with van der Waals surface area (Å²) in [6, 6.07) is 14.2. The maximum atomic E-state index is 13.4. The first-order valence-corrected chi connectivity index (χ1v) is 9.83. The highest BCUT2D eigenvalue weighted by molar-refractivity contribution is 7.62. The lowest BCUT2D eigenvalue weighted by molar-refractivity contribution is 0.180. The predicted octanol–water partition coefficient (Wildman–Crippen LogP) is 4.81. The van der Waals surface area contributed by atoms with Crippen molar-refractivity contribution in [1.82, 2.24) is 0 Å². The Balaban J connectivity index is 1.96. The zero-order valence-electron chi connectivity index (χ0n) is 14.4. The van der Waals surface area contributed by atoms with Gasteiger partial charge in [0.05, 0.1) is 18.0 Å². The van der Waals surface area contributed by atoms with Crippen LogP contribution >= 0.6 is 7.60 Å². The molecule has 3 nitrogen and oxygen atoms in total. The van der Waals surface area contributed by atoms with Gasteiger partial charge in [0.25, 0.3) is 0 Å². The molecule has 0 saturated heterocycles. The smallest absolute Gasteiger partial charge is 0.305 e. The maximum Gasteiger partial charge on any atom is 0.362 e. The Hall–Kier alpha value is -1.67. The second-order valence-corrected chi connectivity index (χ2v) is 7.96. The van der Waals surface area contributed by atoms with Crippen LogP contribution in [0.5, 0.6) is 0 Å². The lowest BCUT2D eigenvalue weighted by Crippen LogP contribution is -2.30. The quantitative estimate of drug-likeness (QED) is 0.748. The fourth-order valence-corrected chi connectivity index (χ4v) is 5.28. The van der Waals surface area contributed by atoms with Crippen LogP contribution in [0.15, 0.2) is 48.5 Å². The van der Waals surface area contributed by atoms with Crippen LogP contribution in [0.3, 0.4) is 0 Å². The molecule has 4 heteroatoms. The lowest BCUT2D eigenvalue weighted by Gasteiger charge is -2.31. The van der Waals surface area contributed by atoms with Gasteiger partial charge in [0.2, 0.25) is 0 Å². The van der Waals surface area contributed by atoms with Crippen molar-refractivity contribution in [3.63, 3.8) is 0 Å². The molecule has 24 heavy (non-hydrogen) atoms. The van der Waals surface area contributed by atoms with Gasteiger partial charge in [0.1, 0.15) is 0 Å². The molecule has 0 fully saturated rings. The second kappa shape index (κ2) is 7.06. The SMILES string of the molecule is CCOP1(=O)OC(/C=C/c2ccccc2)Cc2ccc(C)c(C)c21. The van der Waals surface area contributed by atoms with Gasteiger partial charge in [-0.1, -0.05) is 54.6 Å². The Morgan fingerprint density at radius 2 is 1.96 bits per heavy atom. The van der Waals surface area contributed by atoms with Gasteiger partial charge in [-0.3, -0.25) is 9.09 Å². The number of hydrogen-bond donors (Lipinski definition) is 0. The number of fused-ring (bicyclic) bond motifs is 1. The van der Waals surface area contributed by atoms with Gasteiger partial charge in [0, 0.05) is 6.42 Å². The third kappa shape index (κ3) is 3.39. The summed E-state index contributed by atoms with van der Waals surface area (Å²) >= 11 is 0. The minimum absolute atomic E-state index is 0.253. The molecular formula is C20H23O3P. The minimum atomic E-state index is -3.30. The van der Waals surface area contributed by atoms with E-state index in [1.54, 1.807) is 0 Å². The Morgan fingerprint density at radius 1 is 1.21 bits per heavy atom. The lowest BCUT2D eigenvalue weighted by atomic mass is 10.0. The highest BCUT2D eigenvalue weighted by atomic mass is 31.2. The van der Waals surface area contributed by atoms with Crippen LogP contribution in [-0.4, -0.2) is 12.7 Å². The van der Waals surface area contributed by atoms with E-state index in [4.69, 9.17) is 9.05 Å². The van der Waals surface area contributed by atoms with Gasteiger partial charge in [-0.25, -0.2) is 0 Å². The Morgan fingerprint density at radius 3 is 2.67 bits per heavy atom. The molecule has 0 bridgehead atoms. The molecule has 2 aromatic carbocycles. The first kappa shape index (κ1) is 17.2. The van der Waals surface area contributed by atoms with Crippen LogP contribution in [0.25, 0.3) is 6.08 Å². The number of aryl methyl sites for hydroxylation is 1. The first-order chi connectivity index (χ1) is 11.5. The molecule has 0 aliphatic carbocycles. The van der Waals surface area contributed by atoms with E-state index in [0.717, 1.165) is 27.6 Å². The van der Waals surface area contributed by atoms with Crippen LogP contribution in [-0.2, 0) is 20.0 Å². The monoisotopic (exact) mass is 342 g/mol. The van der Waals surface area contributed by atoms with Gasteiger partial charge in [-0.05, 0) is 43.0 Å². The van der Waals surface area contributed by atoms with E-state index in [2.05, 4.69) is 12.1 Å². The summed E-state index contributed by atoms with van der Waals surface area (Å²) in [7, 11) is -3.30. The van der Waals surface area contributed by atoms with Gasteiger partial charge in [-0.15, -0.1) is 0 Å². The van der Waals surface area contributed by atoms with Gasteiger partial charge in [-0.2, -0.15) is 0 Å². The molecule has 0 saturated carbocycles. The Labute approximate surface area is 143 Å². The summed E-state index contributed by atoms with van der Waals surface area (Å²) in [6.07, 6.45) is 4.43. The molecule has 0 spiro atoms. The fourth-order valence-electron chi connectivity index (χ4n) is 3.04. The highest BCUT2D eigenvalue weighted by Gasteiger charge is 2.39. The number of hydrogen-bond acceptors (Lipinski definition) is 3. The number of benzene rings is 2. The summed E-state index contributed by atoms with van der Waals surface area (Å²) in [5.74, 6) is 0. The van der Waals surface area contributed by atoms with Crippen LogP contribution in [0.1, 0.15) is 29.2 Å². The van der Waals surface area contributed by atoms with Crippen molar-refractivity contribution in [2.45, 2.75) is 33.3 Å². The average Bonchev–Trinajstić information content (AvgIpc) is 2.57. The summed E-state index contributed by atoms with van der Waals surface area (Å²) in [6.45, 7) is 6.22. The normalized spacial score (nSPS) is 23.4. The van der Waals surface area contributed by atoms with Crippen LogP contribution in [0.2, 0.25) is 0 Å². The molecular weight excluding hydrogens is 319 g/mol. The molecule has 126 valence electrons. The Kier molecular flexibility index (Phi) is 5.05. The van der Waals surface area contributed by atoms with Crippen LogP contribution < -0.4 is 5.30 Å². The topological polar surface area (TPSA) is 35.5 Å². The van der Waals surface area contributed by atoms with E-state index >= 15 is 0 Å². The summed E-state index contributed by atoms with van der Waals surface area (Å²) in [5.41, 5.74) is 4.27. The Bertz CT molecular complexity index is 796. The zero-order valence-corrected chi connectivity index (χ0v) is 15.3. The van der Waals surface area contributed by atoms with E-state index in [1.807, 2.05) is 63.3 Å². The van der Waals surface area contributed by atoms with Gasteiger partial charge >= 0.3 is 7.60 Å². The molecule has 0 amide bonds. The third-order valence-corrected chi connectivity index (χ3v) is 6.67. The third-order valence-electron chi connectivity index (χ3n) is 4.36.